The third-order valence-electron chi connectivity index (χ3n) is 7.59. The zero-order chi connectivity index (χ0) is 28.0. The van der Waals surface area contributed by atoms with E-state index in [0.29, 0.717) is 0 Å². The van der Waals surface area contributed by atoms with E-state index in [2.05, 4.69) is 93.6 Å². The van der Waals surface area contributed by atoms with Crippen LogP contribution < -0.4 is 22.9 Å². The summed E-state index contributed by atoms with van der Waals surface area (Å²) in [4.78, 5) is 0. The quantitative estimate of drug-likeness (QED) is 0.145. The lowest BCUT2D eigenvalue weighted by Crippen LogP contribution is -2.25. The van der Waals surface area contributed by atoms with Crippen LogP contribution in [-0.2, 0) is 10.8 Å². The molecule has 5 aromatic rings. The summed E-state index contributed by atoms with van der Waals surface area (Å²) in [7, 11) is 0. The van der Waals surface area contributed by atoms with Crippen LogP contribution in [0.3, 0.4) is 0 Å². The minimum absolute atomic E-state index is 0.0403. The Labute approximate surface area is 232 Å². The summed E-state index contributed by atoms with van der Waals surface area (Å²) in [5, 5.41) is 0. The molecule has 8 N–H and O–H groups in total. The zero-order valence-corrected chi connectivity index (χ0v) is 22.9. The molecule has 0 aromatic heterocycles. The number of anilines is 4. The number of rotatable bonds is 5. The van der Waals surface area contributed by atoms with Gasteiger partial charge < -0.3 is 22.9 Å². The van der Waals surface area contributed by atoms with Crippen LogP contribution >= 0.6 is 0 Å². The van der Waals surface area contributed by atoms with Crippen LogP contribution in [0.1, 0.15) is 48.6 Å². The third kappa shape index (κ3) is 6.07. The molecule has 0 saturated heterocycles. The van der Waals surface area contributed by atoms with Crippen molar-refractivity contribution in [3.05, 3.63) is 155 Å². The first-order valence-electron chi connectivity index (χ1n) is 13.1. The standard InChI is InChI=1S/C20H20N2.C15H18N2/c1-20(15-5-3-2-4-6-15,16-7-11-18(21)12-8-16)17-9-13-19(22)14-10-17;1-15(2,11-3-7-13(16)8-4-11)12-5-9-14(17)10-6-12/h2-14H,21-22H2,1H3;3-10H,16-17H2,1-2H3. The summed E-state index contributed by atoms with van der Waals surface area (Å²) < 4.78 is 0. The van der Waals surface area contributed by atoms with Gasteiger partial charge in [-0.2, -0.15) is 0 Å². The normalized spacial score (nSPS) is 11.4. The number of nitrogen functional groups attached to an aromatic ring is 4. The molecule has 0 radical (unpaired) electrons. The molecule has 0 bridgehead atoms. The van der Waals surface area contributed by atoms with Gasteiger partial charge in [0.25, 0.3) is 0 Å². The van der Waals surface area contributed by atoms with Gasteiger partial charge in [-0.3, -0.25) is 0 Å². The first-order chi connectivity index (χ1) is 18.6. The molecule has 5 aromatic carbocycles. The Bertz CT molecular complexity index is 1380. The van der Waals surface area contributed by atoms with Gasteiger partial charge in [0.05, 0.1) is 0 Å². The fourth-order valence-electron chi connectivity index (χ4n) is 4.87. The molecule has 0 spiro atoms. The molecule has 0 aliphatic rings. The fraction of sp³-hybridized carbons (Fsp3) is 0.143. The maximum atomic E-state index is 5.85. The molecule has 0 saturated carbocycles. The monoisotopic (exact) mass is 514 g/mol. The van der Waals surface area contributed by atoms with Gasteiger partial charge in [0.1, 0.15) is 0 Å². The van der Waals surface area contributed by atoms with Gasteiger partial charge in [0.15, 0.2) is 0 Å². The largest absolute Gasteiger partial charge is 0.399 e. The molecule has 0 aliphatic heterocycles. The van der Waals surface area contributed by atoms with Crippen molar-refractivity contribution < 1.29 is 0 Å². The van der Waals surface area contributed by atoms with Gasteiger partial charge in [-0.25, -0.2) is 0 Å². The Balaban J connectivity index is 0.000000187. The van der Waals surface area contributed by atoms with E-state index in [-0.39, 0.29) is 10.8 Å². The van der Waals surface area contributed by atoms with E-state index >= 15 is 0 Å². The first kappa shape index (κ1) is 27.3. The van der Waals surface area contributed by atoms with Crippen LogP contribution in [0.25, 0.3) is 0 Å². The summed E-state index contributed by atoms with van der Waals surface area (Å²) in [6.07, 6.45) is 0. The maximum Gasteiger partial charge on any atom is 0.0423 e. The highest BCUT2D eigenvalue weighted by atomic mass is 14.6. The summed E-state index contributed by atoms with van der Waals surface area (Å²) >= 11 is 0. The van der Waals surface area contributed by atoms with Crippen molar-refractivity contribution >= 4 is 22.7 Å². The van der Waals surface area contributed by atoms with Gasteiger partial charge in [0, 0.05) is 33.6 Å². The van der Waals surface area contributed by atoms with Crippen molar-refractivity contribution in [3.8, 4) is 0 Å². The minimum Gasteiger partial charge on any atom is -0.399 e. The molecule has 0 heterocycles. The van der Waals surface area contributed by atoms with Crippen LogP contribution in [0, 0.1) is 0 Å². The van der Waals surface area contributed by atoms with E-state index in [1.807, 2.05) is 54.6 Å². The Kier molecular flexibility index (Phi) is 7.96. The molecule has 0 fully saturated rings. The van der Waals surface area contributed by atoms with Crippen LogP contribution in [-0.4, -0.2) is 0 Å². The predicted octanol–water partition coefficient (Wildman–Crippen LogP) is 7.38. The highest BCUT2D eigenvalue weighted by molar-refractivity contribution is 5.54. The predicted molar refractivity (Wildman–Crippen MR) is 168 cm³/mol. The molecular weight excluding hydrogens is 476 g/mol. The number of nitrogens with two attached hydrogens (primary N) is 4. The lowest BCUT2D eigenvalue weighted by atomic mass is 9.71. The minimum atomic E-state index is -0.247. The summed E-state index contributed by atoms with van der Waals surface area (Å²) in [5.74, 6) is 0. The second kappa shape index (κ2) is 11.4. The second-order valence-corrected chi connectivity index (χ2v) is 10.6. The molecule has 5 rings (SSSR count). The first-order valence-corrected chi connectivity index (χ1v) is 13.1. The molecule has 4 nitrogen and oxygen atoms in total. The maximum absolute atomic E-state index is 5.85. The summed E-state index contributed by atoms with van der Waals surface area (Å²) in [6.45, 7) is 6.63. The fourth-order valence-corrected chi connectivity index (χ4v) is 4.87. The molecule has 0 amide bonds. The Hall–Kier alpha value is -4.70. The molecule has 0 atom stereocenters. The lowest BCUT2D eigenvalue weighted by Gasteiger charge is -2.32. The highest BCUT2D eigenvalue weighted by Crippen LogP contribution is 2.39. The van der Waals surface area contributed by atoms with Gasteiger partial charge in [0.2, 0.25) is 0 Å². The number of hydrogen-bond acceptors (Lipinski definition) is 4. The highest BCUT2D eigenvalue weighted by Gasteiger charge is 2.30. The average Bonchev–Trinajstić information content (AvgIpc) is 2.95. The summed E-state index contributed by atoms with van der Waals surface area (Å²) in [6, 6.07) is 42.7. The molecule has 0 unspecified atom stereocenters. The summed E-state index contributed by atoms with van der Waals surface area (Å²) in [5.41, 5.74) is 32.1. The Morgan fingerprint density at radius 2 is 0.590 bits per heavy atom. The van der Waals surface area contributed by atoms with Crippen LogP contribution in [0.2, 0.25) is 0 Å². The van der Waals surface area contributed by atoms with Crippen molar-refractivity contribution in [2.75, 3.05) is 22.9 Å². The van der Waals surface area contributed by atoms with E-state index < -0.39 is 0 Å². The Morgan fingerprint density at radius 3 is 0.897 bits per heavy atom. The molecular formula is C35H38N4. The van der Waals surface area contributed by atoms with E-state index in [4.69, 9.17) is 22.9 Å². The van der Waals surface area contributed by atoms with Crippen LogP contribution in [0.4, 0.5) is 22.7 Å². The average molecular weight is 515 g/mol. The van der Waals surface area contributed by atoms with Crippen molar-refractivity contribution in [1.82, 2.24) is 0 Å². The topological polar surface area (TPSA) is 104 Å². The lowest BCUT2D eigenvalue weighted by molar-refractivity contribution is 0.641. The van der Waals surface area contributed by atoms with Crippen LogP contribution in [0.5, 0.6) is 0 Å². The van der Waals surface area contributed by atoms with Crippen molar-refractivity contribution in [2.24, 2.45) is 0 Å². The van der Waals surface area contributed by atoms with Crippen molar-refractivity contribution in [3.63, 3.8) is 0 Å². The van der Waals surface area contributed by atoms with Crippen molar-refractivity contribution in [2.45, 2.75) is 31.6 Å². The van der Waals surface area contributed by atoms with Crippen molar-refractivity contribution in [1.29, 1.82) is 0 Å². The zero-order valence-electron chi connectivity index (χ0n) is 22.9. The molecule has 39 heavy (non-hydrogen) atoms. The SMILES string of the molecule is CC(C)(c1ccc(N)cc1)c1ccc(N)cc1.CC(c1ccccc1)(c1ccc(N)cc1)c1ccc(N)cc1. The second-order valence-electron chi connectivity index (χ2n) is 10.6. The van der Waals surface area contributed by atoms with Gasteiger partial charge in [-0.15, -0.1) is 0 Å². The van der Waals surface area contributed by atoms with E-state index in [1.54, 1.807) is 0 Å². The van der Waals surface area contributed by atoms with Gasteiger partial charge in [-0.1, -0.05) is 92.7 Å². The smallest absolute Gasteiger partial charge is 0.0423 e. The third-order valence-corrected chi connectivity index (χ3v) is 7.59. The Morgan fingerprint density at radius 1 is 0.333 bits per heavy atom. The molecule has 0 aliphatic carbocycles. The number of benzene rings is 5. The number of hydrogen-bond donors (Lipinski definition) is 4. The van der Waals surface area contributed by atoms with Gasteiger partial charge in [-0.05, 0) is 83.3 Å². The van der Waals surface area contributed by atoms with Crippen LogP contribution in [0.15, 0.2) is 127 Å². The molecule has 4 heteroatoms. The van der Waals surface area contributed by atoms with E-state index in [1.165, 1.54) is 27.8 Å². The van der Waals surface area contributed by atoms with Gasteiger partial charge >= 0.3 is 0 Å². The van der Waals surface area contributed by atoms with E-state index in [9.17, 15) is 0 Å². The van der Waals surface area contributed by atoms with E-state index in [0.717, 1.165) is 22.7 Å². The molecule has 198 valence electrons.